The van der Waals surface area contributed by atoms with Gasteiger partial charge in [-0.25, -0.2) is 0 Å². The van der Waals surface area contributed by atoms with Crippen molar-refractivity contribution in [1.29, 1.82) is 0 Å². The number of benzene rings is 2. The summed E-state index contributed by atoms with van der Waals surface area (Å²) >= 11 is 11.9. The number of H-pyrrole nitrogens is 1. The molecule has 29 heavy (non-hydrogen) atoms. The molecule has 0 aliphatic carbocycles. The van der Waals surface area contributed by atoms with Crippen LogP contribution < -0.4 is 5.73 Å². The number of aromatic nitrogens is 1. The number of halogens is 2. The molecule has 1 atom stereocenters. The molecule has 0 spiro atoms. The average Bonchev–Trinajstić information content (AvgIpc) is 3.06. The summed E-state index contributed by atoms with van der Waals surface area (Å²) in [5.74, 6) is -0.269. The fourth-order valence-electron chi connectivity index (χ4n) is 3.46. The number of phenols is 1. The Bertz CT molecular complexity index is 1070. The number of phenolic OH excluding ortho intramolecular Hbond substituents is 1. The van der Waals surface area contributed by atoms with Crippen LogP contribution in [0.25, 0.3) is 10.9 Å². The molecule has 1 unspecified atom stereocenters. The van der Waals surface area contributed by atoms with Crippen LogP contribution in [0.15, 0.2) is 36.4 Å². The number of aromatic amines is 1. The van der Waals surface area contributed by atoms with Crippen LogP contribution in [0.3, 0.4) is 0 Å². The first-order chi connectivity index (χ1) is 13.8. The second kappa shape index (κ2) is 8.73. The van der Waals surface area contributed by atoms with Gasteiger partial charge in [-0.05, 0) is 47.9 Å². The fraction of sp³-hybridized carbons (Fsp3) is 0.200. The molecule has 9 heteroatoms. The Morgan fingerprint density at radius 1 is 1.24 bits per heavy atom. The predicted octanol–water partition coefficient (Wildman–Crippen LogP) is 3.47. The van der Waals surface area contributed by atoms with Gasteiger partial charge in [0.1, 0.15) is 11.8 Å². The van der Waals surface area contributed by atoms with Gasteiger partial charge in [0.05, 0.1) is 11.6 Å². The zero-order chi connectivity index (χ0) is 21.1. The number of aromatic hydroxyl groups is 1. The Morgan fingerprint density at radius 2 is 1.97 bits per heavy atom. The van der Waals surface area contributed by atoms with Crippen molar-refractivity contribution in [3.05, 3.63) is 63.3 Å². The molecule has 0 fully saturated rings. The van der Waals surface area contributed by atoms with Crippen molar-refractivity contribution in [3.63, 3.8) is 0 Å². The quantitative estimate of drug-likeness (QED) is 0.459. The van der Waals surface area contributed by atoms with E-state index in [-0.39, 0.29) is 23.2 Å². The van der Waals surface area contributed by atoms with Crippen molar-refractivity contribution in [2.75, 3.05) is 6.54 Å². The number of carboxylic acid groups (broad SMARTS) is 1. The van der Waals surface area contributed by atoms with Crippen LogP contribution in [0.5, 0.6) is 5.75 Å². The summed E-state index contributed by atoms with van der Waals surface area (Å²) in [5.41, 5.74) is 9.88. The van der Waals surface area contributed by atoms with Crippen LogP contribution >= 0.6 is 23.2 Å². The molecule has 0 radical (unpaired) electrons. The number of hydrogen-bond donors (Lipinski definition) is 4. The Hall–Kier alpha value is -2.74. The minimum atomic E-state index is -0.849. The van der Waals surface area contributed by atoms with Gasteiger partial charge in [-0.15, -0.1) is 0 Å². The molecule has 1 amide bonds. The molecule has 1 aliphatic rings. The van der Waals surface area contributed by atoms with Gasteiger partial charge in [-0.3, -0.25) is 9.59 Å². The zero-order valence-electron chi connectivity index (χ0n) is 15.2. The van der Waals surface area contributed by atoms with Crippen LogP contribution in [0.4, 0.5) is 0 Å². The fourth-order valence-corrected chi connectivity index (χ4v) is 3.75. The van der Waals surface area contributed by atoms with E-state index in [1.54, 1.807) is 11.0 Å². The molecule has 0 saturated heterocycles. The van der Waals surface area contributed by atoms with Crippen LogP contribution in [-0.4, -0.2) is 39.0 Å². The number of fused-ring (bicyclic) bond motifs is 3. The third kappa shape index (κ3) is 4.32. The van der Waals surface area contributed by atoms with Gasteiger partial charge in [0, 0.05) is 28.2 Å². The van der Waals surface area contributed by atoms with Gasteiger partial charge in [-0.2, -0.15) is 0 Å². The highest BCUT2D eigenvalue weighted by Gasteiger charge is 2.28. The lowest BCUT2D eigenvalue weighted by Gasteiger charge is -2.29. The van der Waals surface area contributed by atoms with Gasteiger partial charge >= 0.3 is 0 Å². The summed E-state index contributed by atoms with van der Waals surface area (Å²) in [4.78, 5) is 26.3. The van der Waals surface area contributed by atoms with E-state index in [9.17, 15) is 9.90 Å². The van der Waals surface area contributed by atoms with E-state index in [1.807, 2.05) is 18.2 Å². The van der Waals surface area contributed by atoms with Crippen molar-refractivity contribution in [1.82, 2.24) is 9.88 Å². The number of nitrogens with one attached hydrogen (secondary N) is 1. The van der Waals surface area contributed by atoms with Crippen molar-refractivity contribution in [2.45, 2.75) is 19.0 Å². The number of amides is 1. The van der Waals surface area contributed by atoms with E-state index in [4.69, 9.17) is 38.8 Å². The summed E-state index contributed by atoms with van der Waals surface area (Å²) in [5, 5.41) is 18.7. The van der Waals surface area contributed by atoms with E-state index in [0.29, 0.717) is 23.7 Å². The lowest BCUT2D eigenvalue weighted by atomic mass is 10.0. The van der Waals surface area contributed by atoms with Crippen molar-refractivity contribution in [3.8, 4) is 5.75 Å². The largest absolute Gasteiger partial charge is 0.506 e. The highest BCUT2D eigenvalue weighted by atomic mass is 35.5. The molecule has 7 nitrogen and oxygen atoms in total. The third-order valence-corrected chi connectivity index (χ3v) is 5.40. The van der Waals surface area contributed by atoms with E-state index in [1.165, 1.54) is 17.7 Å². The van der Waals surface area contributed by atoms with E-state index in [2.05, 4.69) is 4.98 Å². The molecule has 2 aromatic carbocycles. The highest BCUT2D eigenvalue weighted by Crippen LogP contribution is 2.31. The number of carbonyl (C=O) groups is 2. The van der Waals surface area contributed by atoms with Crippen LogP contribution in [0.2, 0.25) is 10.0 Å². The van der Waals surface area contributed by atoms with Crippen LogP contribution in [-0.2, 0) is 22.6 Å². The van der Waals surface area contributed by atoms with E-state index >= 15 is 0 Å². The predicted molar refractivity (Wildman–Crippen MR) is 111 cm³/mol. The molecular weight excluding hydrogens is 417 g/mol. The lowest BCUT2D eigenvalue weighted by Crippen LogP contribution is -2.41. The first-order valence-electron chi connectivity index (χ1n) is 8.75. The molecule has 1 aromatic heterocycles. The number of hydrogen-bond acceptors (Lipinski definition) is 4. The summed E-state index contributed by atoms with van der Waals surface area (Å²) in [7, 11) is 0. The summed E-state index contributed by atoms with van der Waals surface area (Å²) in [6, 6.07) is 9.53. The van der Waals surface area contributed by atoms with Gasteiger partial charge in [0.25, 0.3) is 6.47 Å². The Kier molecular flexibility index (Phi) is 6.32. The molecule has 0 saturated carbocycles. The zero-order valence-corrected chi connectivity index (χ0v) is 16.7. The van der Waals surface area contributed by atoms with Crippen molar-refractivity contribution >= 4 is 46.5 Å². The monoisotopic (exact) mass is 435 g/mol. The van der Waals surface area contributed by atoms with E-state index < -0.39 is 6.04 Å². The van der Waals surface area contributed by atoms with Crippen molar-refractivity contribution in [2.24, 2.45) is 5.73 Å². The van der Waals surface area contributed by atoms with Gasteiger partial charge in [0.15, 0.2) is 0 Å². The van der Waals surface area contributed by atoms with Gasteiger partial charge < -0.3 is 25.8 Å². The number of rotatable bonds is 2. The summed E-state index contributed by atoms with van der Waals surface area (Å²) in [6.45, 7) is 0.798. The SMILES string of the molecule is NC(C(=O)N1CCc2c([nH]c3ccc(Cl)cc23)C1)c1ccc(Cl)c(O)c1.O=CO. The Labute approximate surface area is 176 Å². The molecule has 3 aromatic rings. The third-order valence-electron chi connectivity index (χ3n) is 4.84. The minimum Gasteiger partial charge on any atom is -0.506 e. The maximum Gasteiger partial charge on any atom is 0.290 e. The molecular formula is C20H19Cl2N3O4. The molecule has 5 N–H and O–H groups in total. The first-order valence-corrected chi connectivity index (χ1v) is 9.51. The lowest BCUT2D eigenvalue weighted by molar-refractivity contribution is -0.133. The van der Waals surface area contributed by atoms with E-state index in [0.717, 1.165) is 23.0 Å². The number of nitrogens with two attached hydrogens (primary N) is 1. The Morgan fingerprint density at radius 3 is 2.66 bits per heavy atom. The average molecular weight is 436 g/mol. The van der Waals surface area contributed by atoms with Crippen LogP contribution in [0, 0.1) is 0 Å². The van der Waals surface area contributed by atoms with Crippen molar-refractivity contribution < 1.29 is 19.8 Å². The van der Waals surface area contributed by atoms with Crippen LogP contribution in [0.1, 0.15) is 22.9 Å². The molecule has 4 rings (SSSR count). The maximum absolute atomic E-state index is 12.8. The van der Waals surface area contributed by atoms with Gasteiger partial charge in [0.2, 0.25) is 5.91 Å². The smallest absolute Gasteiger partial charge is 0.290 e. The number of nitrogens with zero attached hydrogens (tertiary/aromatic N) is 1. The second-order valence-corrected chi connectivity index (χ2v) is 7.42. The second-order valence-electron chi connectivity index (χ2n) is 6.58. The summed E-state index contributed by atoms with van der Waals surface area (Å²) < 4.78 is 0. The molecule has 2 heterocycles. The number of carbonyl (C=O) groups excluding carboxylic acids is 1. The molecule has 0 bridgehead atoms. The Balaban J connectivity index is 0.000000755. The first kappa shape index (κ1) is 21.0. The molecule has 1 aliphatic heterocycles. The molecule has 152 valence electrons. The topological polar surface area (TPSA) is 120 Å². The minimum absolute atomic E-state index is 0.0826. The van der Waals surface area contributed by atoms with Gasteiger partial charge in [-0.1, -0.05) is 29.3 Å². The standard InChI is InChI=1S/C19H17Cl2N3O2.CH2O2/c20-11-2-4-15-13(8-11)12-5-6-24(9-16(12)23-15)19(26)18(22)10-1-3-14(21)17(25)7-10;2-1-3/h1-4,7-8,18,23,25H,5-6,9,22H2;1H,(H,2,3). The summed E-state index contributed by atoms with van der Waals surface area (Å²) in [6.07, 6.45) is 0.736. The normalized spacial score (nSPS) is 14.0. The maximum atomic E-state index is 12.8. The highest BCUT2D eigenvalue weighted by molar-refractivity contribution is 6.32.